The van der Waals surface area contributed by atoms with Gasteiger partial charge in [-0.25, -0.2) is 5.43 Å². The molecule has 0 unspecified atom stereocenters. The first-order valence-corrected chi connectivity index (χ1v) is 12.5. The number of carbonyl (C=O) groups is 1. The van der Waals surface area contributed by atoms with Crippen molar-refractivity contribution in [3.8, 4) is 17.2 Å². The smallest absolute Gasteiger partial charge is 0.339 e. The van der Waals surface area contributed by atoms with E-state index >= 15 is 0 Å². The zero-order chi connectivity index (χ0) is 25.1. The molecule has 3 aromatic rings. The minimum atomic E-state index is -4.17. The molecule has 0 aliphatic rings. The Morgan fingerprint density at radius 3 is 2.49 bits per heavy atom. The van der Waals surface area contributed by atoms with Gasteiger partial charge in [-0.15, -0.1) is 0 Å². The van der Waals surface area contributed by atoms with Crippen molar-refractivity contribution in [1.82, 2.24) is 5.43 Å². The van der Waals surface area contributed by atoms with Crippen LogP contribution in [-0.2, 0) is 21.3 Å². The third-order valence-electron chi connectivity index (χ3n) is 4.86. The molecular weight excluding hydrogens is 468 g/mol. The van der Waals surface area contributed by atoms with E-state index in [1.807, 2.05) is 6.92 Å². The third-order valence-corrected chi connectivity index (χ3v) is 6.18. The van der Waals surface area contributed by atoms with Crippen LogP contribution in [-0.4, -0.2) is 34.3 Å². The monoisotopic (exact) mass is 496 g/mol. The lowest BCUT2D eigenvalue weighted by atomic mass is 10.1. The van der Waals surface area contributed by atoms with Crippen molar-refractivity contribution in [2.24, 2.45) is 5.10 Å². The lowest BCUT2D eigenvalue weighted by Gasteiger charge is -2.12. The first-order valence-electron chi connectivity index (χ1n) is 11.1. The second kappa shape index (κ2) is 12.6. The number of rotatable bonds is 12. The highest BCUT2D eigenvalue weighted by Gasteiger charge is 2.21. The summed E-state index contributed by atoms with van der Waals surface area (Å²) in [6.07, 6.45) is 3.17. The summed E-state index contributed by atoms with van der Waals surface area (Å²) >= 11 is 0. The largest absolute Gasteiger partial charge is 0.497 e. The van der Waals surface area contributed by atoms with Gasteiger partial charge in [0.1, 0.15) is 22.1 Å². The summed E-state index contributed by atoms with van der Waals surface area (Å²) in [7, 11) is -2.61. The van der Waals surface area contributed by atoms with E-state index in [0.717, 1.165) is 18.4 Å². The molecule has 184 valence electrons. The maximum atomic E-state index is 13.0. The molecular formula is C26H28N2O6S. The molecule has 3 rings (SSSR count). The Labute approximate surface area is 205 Å². The number of benzene rings is 3. The van der Waals surface area contributed by atoms with Crippen LogP contribution in [0.4, 0.5) is 0 Å². The molecule has 0 spiro atoms. The lowest BCUT2D eigenvalue weighted by Crippen LogP contribution is -2.20. The third kappa shape index (κ3) is 7.86. The SMILES string of the molecule is CCCCOc1ccc(S(=O)(=O)Oc2ccccc2)c(C=NNC(=O)Cc2cccc(OC)c2)c1. The molecule has 0 atom stereocenters. The van der Waals surface area contributed by atoms with E-state index < -0.39 is 10.1 Å². The van der Waals surface area contributed by atoms with Gasteiger partial charge in [0.25, 0.3) is 0 Å². The fraction of sp³-hybridized carbons (Fsp3) is 0.231. The van der Waals surface area contributed by atoms with E-state index in [1.54, 1.807) is 73.8 Å². The number of ether oxygens (including phenoxy) is 2. The standard InChI is InChI=1S/C26H28N2O6S/c1-3-4-15-33-24-13-14-25(35(30,31)34-22-10-6-5-7-11-22)21(18-24)19-27-28-26(29)17-20-9-8-12-23(16-20)32-2/h5-14,16,18-19H,3-4,15,17H2,1-2H3,(H,28,29). The fourth-order valence-corrected chi connectivity index (χ4v) is 4.20. The Hall–Kier alpha value is -3.85. The molecule has 1 N–H and O–H groups in total. The van der Waals surface area contributed by atoms with Crippen molar-refractivity contribution < 1.29 is 26.9 Å². The van der Waals surface area contributed by atoms with E-state index in [0.29, 0.717) is 18.1 Å². The quantitative estimate of drug-likeness (QED) is 0.173. The molecule has 1 amide bonds. The summed E-state index contributed by atoms with van der Waals surface area (Å²) < 4.78 is 42.1. The van der Waals surface area contributed by atoms with Crippen LogP contribution in [0, 0.1) is 0 Å². The molecule has 8 nitrogen and oxygen atoms in total. The van der Waals surface area contributed by atoms with E-state index in [9.17, 15) is 13.2 Å². The summed E-state index contributed by atoms with van der Waals surface area (Å²) in [6, 6.07) is 19.9. The fourth-order valence-electron chi connectivity index (χ4n) is 3.11. The highest BCUT2D eigenvalue weighted by atomic mass is 32.2. The lowest BCUT2D eigenvalue weighted by molar-refractivity contribution is -0.120. The molecule has 0 saturated carbocycles. The van der Waals surface area contributed by atoms with Crippen LogP contribution in [0.5, 0.6) is 17.2 Å². The summed E-state index contributed by atoms with van der Waals surface area (Å²) in [5.74, 6) is 0.952. The molecule has 9 heteroatoms. The minimum Gasteiger partial charge on any atom is -0.497 e. The molecule has 0 bridgehead atoms. The van der Waals surface area contributed by atoms with Gasteiger partial charge in [0.2, 0.25) is 5.91 Å². The van der Waals surface area contributed by atoms with Gasteiger partial charge in [0.05, 0.1) is 26.4 Å². The Morgan fingerprint density at radius 2 is 1.74 bits per heavy atom. The van der Waals surface area contributed by atoms with Crippen molar-refractivity contribution in [2.45, 2.75) is 31.1 Å². The second-order valence-electron chi connectivity index (χ2n) is 7.57. The van der Waals surface area contributed by atoms with Crippen LogP contribution in [0.3, 0.4) is 0 Å². The predicted octanol–water partition coefficient (Wildman–Crippen LogP) is 4.33. The van der Waals surface area contributed by atoms with Gasteiger partial charge in [-0.05, 0) is 54.4 Å². The number of unbranched alkanes of at least 4 members (excludes halogenated alkanes) is 1. The van der Waals surface area contributed by atoms with Gasteiger partial charge in [-0.1, -0.05) is 43.7 Å². The van der Waals surface area contributed by atoms with Crippen LogP contribution in [0.2, 0.25) is 0 Å². The van der Waals surface area contributed by atoms with E-state index in [4.69, 9.17) is 13.7 Å². The average Bonchev–Trinajstić information content (AvgIpc) is 2.84. The zero-order valence-electron chi connectivity index (χ0n) is 19.6. The predicted molar refractivity (Wildman–Crippen MR) is 134 cm³/mol. The normalized spacial score (nSPS) is 11.3. The Bertz CT molecular complexity index is 1260. The minimum absolute atomic E-state index is 0.0803. The average molecular weight is 497 g/mol. The number of hydrogen-bond acceptors (Lipinski definition) is 7. The van der Waals surface area contributed by atoms with Crippen LogP contribution >= 0.6 is 0 Å². The number of para-hydroxylation sites is 1. The van der Waals surface area contributed by atoms with Crippen molar-refractivity contribution in [3.63, 3.8) is 0 Å². The summed E-state index contributed by atoms with van der Waals surface area (Å²) in [5, 5.41) is 3.97. The topological polar surface area (TPSA) is 103 Å². The van der Waals surface area contributed by atoms with Gasteiger partial charge in [-0.2, -0.15) is 13.5 Å². The first kappa shape index (κ1) is 25.8. The molecule has 0 heterocycles. The summed E-state index contributed by atoms with van der Waals surface area (Å²) in [5.41, 5.74) is 3.40. The highest BCUT2D eigenvalue weighted by Crippen LogP contribution is 2.24. The van der Waals surface area contributed by atoms with E-state index in [1.165, 1.54) is 12.3 Å². The maximum Gasteiger partial charge on any atom is 0.339 e. The zero-order valence-corrected chi connectivity index (χ0v) is 20.5. The van der Waals surface area contributed by atoms with Crippen LogP contribution in [0.25, 0.3) is 0 Å². The Kier molecular flexibility index (Phi) is 9.25. The number of hydrogen-bond donors (Lipinski definition) is 1. The number of amides is 1. The van der Waals surface area contributed by atoms with E-state index in [2.05, 4.69) is 10.5 Å². The first-order chi connectivity index (χ1) is 16.9. The van der Waals surface area contributed by atoms with Crippen molar-refractivity contribution in [2.75, 3.05) is 13.7 Å². The number of hydrazone groups is 1. The number of nitrogens with zero attached hydrogens (tertiary/aromatic N) is 1. The van der Waals surface area contributed by atoms with Crippen LogP contribution in [0.1, 0.15) is 30.9 Å². The number of nitrogens with one attached hydrogen (secondary N) is 1. The van der Waals surface area contributed by atoms with Crippen molar-refractivity contribution in [3.05, 3.63) is 83.9 Å². The van der Waals surface area contributed by atoms with Gasteiger partial charge < -0.3 is 13.7 Å². The molecule has 0 saturated heterocycles. The molecule has 0 radical (unpaired) electrons. The van der Waals surface area contributed by atoms with Gasteiger partial charge in [-0.3, -0.25) is 4.79 Å². The molecule has 35 heavy (non-hydrogen) atoms. The molecule has 0 fully saturated rings. The van der Waals surface area contributed by atoms with Crippen LogP contribution < -0.4 is 19.1 Å². The summed E-state index contributed by atoms with van der Waals surface area (Å²) in [4.78, 5) is 12.2. The summed E-state index contributed by atoms with van der Waals surface area (Å²) in [6.45, 7) is 2.54. The van der Waals surface area contributed by atoms with Gasteiger partial charge in [0, 0.05) is 5.56 Å². The molecule has 0 aliphatic carbocycles. The van der Waals surface area contributed by atoms with Gasteiger partial charge >= 0.3 is 10.1 Å². The Morgan fingerprint density at radius 1 is 0.971 bits per heavy atom. The number of carbonyl (C=O) groups excluding carboxylic acids is 1. The maximum absolute atomic E-state index is 13.0. The van der Waals surface area contributed by atoms with Crippen molar-refractivity contribution in [1.29, 1.82) is 0 Å². The van der Waals surface area contributed by atoms with E-state index in [-0.39, 0.29) is 28.5 Å². The van der Waals surface area contributed by atoms with Gasteiger partial charge in [0.15, 0.2) is 0 Å². The van der Waals surface area contributed by atoms with Crippen LogP contribution in [0.15, 0.2) is 82.8 Å². The Balaban J connectivity index is 1.79. The van der Waals surface area contributed by atoms with Crippen molar-refractivity contribution >= 4 is 22.2 Å². The molecule has 3 aromatic carbocycles. The second-order valence-corrected chi connectivity index (χ2v) is 9.09. The number of methoxy groups -OCH3 is 1. The highest BCUT2D eigenvalue weighted by molar-refractivity contribution is 7.87. The molecule has 0 aliphatic heterocycles. The molecule has 0 aromatic heterocycles.